The number of thiophene rings is 1. The van der Waals surface area contributed by atoms with Gasteiger partial charge in [0.05, 0.1) is 32.6 Å². The third-order valence-electron chi connectivity index (χ3n) is 4.61. The van der Waals surface area contributed by atoms with Gasteiger partial charge in [0.15, 0.2) is 5.82 Å². The maximum absolute atomic E-state index is 12.9. The third-order valence-corrected chi connectivity index (χ3v) is 8.51. The van der Waals surface area contributed by atoms with Crippen molar-refractivity contribution in [3.8, 4) is 9.88 Å². The van der Waals surface area contributed by atoms with Crippen LogP contribution in [-0.2, 0) is 33.1 Å². The van der Waals surface area contributed by atoms with E-state index in [-0.39, 0.29) is 6.04 Å². The van der Waals surface area contributed by atoms with Crippen molar-refractivity contribution in [3.05, 3.63) is 68.8 Å². The van der Waals surface area contributed by atoms with Gasteiger partial charge < -0.3 is 4.55 Å². The molecular formula is C20H20N4O4S5. The summed E-state index contributed by atoms with van der Waals surface area (Å²) in [6, 6.07) is 10.9. The van der Waals surface area contributed by atoms with Crippen molar-refractivity contribution in [2.45, 2.75) is 19.4 Å². The van der Waals surface area contributed by atoms with E-state index in [0.717, 1.165) is 26.1 Å². The van der Waals surface area contributed by atoms with E-state index in [1.54, 1.807) is 45.4 Å². The normalized spacial score (nSPS) is 13.2. The molecule has 1 unspecified atom stereocenters. The number of nitrogens with one attached hydrogen (secondary N) is 1. The van der Waals surface area contributed by atoms with Crippen LogP contribution in [0.25, 0.3) is 9.88 Å². The van der Waals surface area contributed by atoms with Gasteiger partial charge in [-0.2, -0.15) is 8.59 Å². The van der Waals surface area contributed by atoms with Crippen LogP contribution in [0.5, 0.6) is 0 Å². The molecular weight excluding hydrogens is 521 g/mol. The van der Waals surface area contributed by atoms with Crippen LogP contribution in [0.2, 0.25) is 0 Å². The zero-order valence-corrected chi connectivity index (χ0v) is 21.7. The Kier molecular flexibility index (Phi) is 8.01. The van der Waals surface area contributed by atoms with Gasteiger partial charge in [0, 0.05) is 17.2 Å². The van der Waals surface area contributed by atoms with Crippen LogP contribution in [-0.4, -0.2) is 29.2 Å². The van der Waals surface area contributed by atoms with Crippen molar-refractivity contribution in [3.63, 3.8) is 0 Å². The zero-order chi connectivity index (χ0) is 23.4. The molecule has 1 aromatic carbocycles. The molecule has 174 valence electrons. The van der Waals surface area contributed by atoms with Crippen molar-refractivity contribution in [1.29, 1.82) is 0 Å². The standard InChI is InChI=1S/C20H20N4O4S5/c1-13-21-19(12-30-13)24(32(2)25)17(16-11-31-20(22-16)18-4-3-9-29-18)10-14-5-7-15(8-6-14)23-28-33(26)27/h3-9,11-12,17,23,33H,10H2,1-2H3/t17-,32?/m0/s1. The van der Waals surface area contributed by atoms with E-state index in [0.29, 0.717) is 17.9 Å². The second-order valence-corrected chi connectivity index (χ2v) is 11.6. The number of thiol groups is 1. The Hall–Kier alpha value is -2.00. The molecule has 0 saturated carbocycles. The van der Waals surface area contributed by atoms with Gasteiger partial charge in [-0.05, 0) is 36.1 Å². The topological polar surface area (TPSA) is 107 Å². The van der Waals surface area contributed by atoms with Crippen LogP contribution in [0.1, 0.15) is 22.3 Å². The minimum atomic E-state index is -2.99. The summed E-state index contributed by atoms with van der Waals surface area (Å²) < 4.78 is 40.3. The van der Waals surface area contributed by atoms with Gasteiger partial charge in [0.1, 0.15) is 17.3 Å². The zero-order valence-electron chi connectivity index (χ0n) is 17.5. The van der Waals surface area contributed by atoms with Crippen LogP contribution < -0.4 is 9.79 Å². The van der Waals surface area contributed by atoms with E-state index < -0.39 is 22.3 Å². The lowest BCUT2D eigenvalue weighted by Gasteiger charge is -2.29. The molecule has 0 bridgehead atoms. The van der Waals surface area contributed by atoms with E-state index in [2.05, 4.69) is 14.7 Å². The molecule has 3 heterocycles. The fraction of sp³-hybridized carbons (Fsp3) is 0.200. The van der Waals surface area contributed by atoms with Crippen molar-refractivity contribution in [2.24, 2.45) is 0 Å². The first kappa shape index (κ1) is 24.1. The quantitative estimate of drug-likeness (QED) is 0.171. The summed E-state index contributed by atoms with van der Waals surface area (Å²) in [4.78, 5) is 10.5. The number of nitrogens with zero attached hydrogens (tertiary/aromatic N) is 3. The number of rotatable bonds is 10. The first-order chi connectivity index (χ1) is 15.9. The van der Waals surface area contributed by atoms with Crippen LogP contribution in [0.3, 0.4) is 0 Å². The Morgan fingerprint density at radius 2 is 1.94 bits per heavy atom. The molecule has 0 spiro atoms. The molecule has 4 rings (SSSR count). The van der Waals surface area contributed by atoms with Gasteiger partial charge in [0.25, 0.3) is 11.0 Å². The summed E-state index contributed by atoms with van der Waals surface area (Å²) in [7, 11) is -2.99. The number of thiazole rings is 2. The Morgan fingerprint density at radius 3 is 2.55 bits per heavy atom. The van der Waals surface area contributed by atoms with Crippen molar-refractivity contribution < 1.29 is 17.3 Å². The summed E-state index contributed by atoms with van der Waals surface area (Å²) in [6.45, 7) is 1.92. The van der Waals surface area contributed by atoms with Crippen LogP contribution in [0.15, 0.2) is 52.5 Å². The maximum atomic E-state index is 12.9. The SMILES string of the molecule is Cc1nc(N([C@@H](Cc2ccc(NO[SH](=O)=O)cc2)c2csc(-c3cccs3)n2)[S+](C)[O-])cs1. The molecule has 2 atom stereocenters. The molecule has 0 aliphatic rings. The molecule has 13 heteroatoms. The molecule has 0 saturated heterocycles. The van der Waals surface area contributed by atoms with E-state index in [9.17, 15) is 13.0 Å². The molecule has 4 aromatic rings. The van der Waals surface area contributed by atoms with E-state index >= 15 is 0 Å². The van der Waals surface area contributed by atoms with Crippen molar-refractivity contribution in [1.82, 2.24) is 9.97 Å². The minimum Gasteiger partial charge on any atom is -0.593 e. The summed E-state index contributed by atoms with van der Waals surface area (Å²) in [5, 5.41) is 7.74. The highest BCUT2D eigenvalue weighted by molar-refractivity contribution is 7.92. The molecule has 1 N–H and O–H groups in total. The number of anilines is 2. The predicted octanol–water partition coefficient (Wildman–Crippen LogP) is 4.59. The van der Waals surface area contributed by atoms with Crippen LogP contribution in [0.4, 0.5) is 11.5 Å². The second-order valence-electron chi connectivity index (χ2n) is 6.86. The Bertz CT molecular complexity index is 1240. The summed E-state index contributed by atoms with van der Waals surface area (Å²) >= 11 is 3.36. The van der Waals surface area contributed by atoms with Gasteiger partial charge in [0.2, 0.25) is 0 Å². The lowest BCUT2D eigenvalue weighted by atomic mass is 10.0. The van der Waals surface area contributed by atoms with Gasteiger partial charge in [-0.15, -0.1) is 34.0 Å². The Morgan fingerprint density at radius 1 is 1.15 bits per heavy atom. The largest absolute Gasteiger partial charge is 0.593 e. The summed E-state index contributed by atoms with van der Waals surface area (Å²) in [6.07, 6.45) is 2.17. The molecule has 0 aliphatic carbocycles. The van der Waals surface area contributed by atoms with Crippen molar-refractivity contribution in [2.75, 3.05) is 16.0 Å². The number of hydrogen-bond donors (Lipinski definition) is 2. The highest BCUT2D eigenvalue weighted by atomic mass is 32.2. The van der Waals surface area contributed by atoms with Gasteiger partial charge >= 0.3 is 0 Å². The molecule has 0 aliphatic heterocycles. The van der Waals surface area contributed by atoms with Gasteiger partial charge in [-0.25, -0.2) is 23.9 Å². The second kappa shape index (κ2) is 11.0. The van der Waals surface area contributed by atoms with E-state index in [1.165, 1.54) is 11.3 Å². The Balaban J connectivity index is 1.66. The fourth-order valence-electron chi connectivity index (χ4n) is 3.21. The molecule has 3 aromatic heterocycles. The Labute approximate surface area is 208 Å². The average molecular weight is 541 g/mol. The average Bonchev–Trinajstić information content (AvgIpc) is 3.54. The van der Waals surface area contributed by atoms with Gasteiger partial charge in [-0.1, -0.05) is 18.2 Å². The van der Waals surface area contributed by atoms with Crippen LogP contribution in [0, 0.1) is 6.92 Å². The van der Waals surface area contributed by atoms with Crippen molar-refractivity contribution >= 4 is 67.9 Å². The number of benzene rings is 1. The number of aryl methyl sites for hydroxylation is 1. The molecule has 0 fully saturated rings. The number of aromatic nitrogens is 2. The van der Waals surface area contributed by atoms with E-state index in [1.807, 2.05) is 47.3 Å². The molecule has 0 amide bonds. The first-order valence-electron chi connectivity index (χ1n) is 9.61. The minimum absolute atomic E-state index is 0.312. The molecule has 0 radical (unpaired) electrons. The van der Waals surface area contributed by atoms with Crippen LogP contribution >= 0.6 is 34.0 Å². The fourth-order valence-corrected chi connectivity index (χ4v) is 6.62. The highest BCUT2D eigenvalue weighted by Crippen LogP contribution is 2.36. The lowest BCUT2D eigenvalue weighted by Crippen LogP contribution is -2.36. The summed E-state index contributed by atoms with van der Waals surface area (Å²) in [5.74, 6) is 0.653. The molecule has 8 nitrogen and oxygen atoms in total. The van der Waals surface area contributed by atoms with E-state index in [4.69, 9.17) is 4.98 Å². The highest BCUT2D eigenvalue weighted by Gasteiger charge is 2.32. The van der Waals surface area contributed by atoms with Gasteiger partial charge in [-0.3, -0.25) is 0 Å². The molecule has 33 heavy (non-hydrogen) atoms. The monoisotopic (exact) mass is 540 g/mol. The lowest BCUT2D eigenvalue weighted by molar-refractivity contribution is 0.410. The maximum Gasteiger partial charge on any atom is 0.277 e. The number of hydrogen-bond acceptors (Lipinski definition) is 11. The predicted molar refractivity (Wildman–Crippen MR) is 137 cm³/mol. The first-order valence-corrected chi connectivity index (χ1v) is 14.9. The summed E-state index contributed by atoms with van der Waals surface area (Å²) in [5.41, 5.74) is 4.66. The smallest absolute Gasteiger partial charge is 0.277 e. The third kappa shape index (κ3) is 6.12.